The van der Waals surface area contributed by atoms with E-state index in [4.69, 9.17) is 5.73 Å². The van der Waals surface area contributed by atoms with Crippen LogP contribution in [0, 0.1) is 6.92 Å². The van der Waals surface area contributed by atoms with Crippen molar-refractivity contribution >= 4 is 17.2 Å². The quantitative estimate of drug-likeness (QED) is 0.846. The zero-order chi connectivity index (χ0) is 12.3. The molecule has 0 aliphatic rings. The molecule has 88 valence electrons. The smallest absolute Gasteiger partial charge is 0.132 e. The number of aromatic nitrogens is 1. The Labute approximate surface area is 102 Å². The maximum Gasteiger partial charge on any atom is 0.132 e. The largest absolute Gasteiger partial charge is 0.398 e. The highest BCUT2D eigenvalue weighted by molar-refractivity contribution is 5.64. The summed E-state index contributed by atoms with van der Waals surface area (Å²) in [6, 6.07) is 10.1. The van der Waals surface area contributed by atoms with E-state index in [9.17, 15) is 0 Å². The third kappa shape index (κ3) is 2.56. The molecule has 1 heterocycles. The van der Waals surface area contributed by atoms with Crippen LogP contribution in [-0.2, 0) is 6.42 Å². The van der Waals surface area contributed by atoms with Crippen molar-refractivity contribution in [1.82, 2.24) is 4.98 Å². The maximum atomic E-state index is 5.86. The molecule has 0 fully saturated rings. The molecule has 0 bridgehead atoms. The zero-order valence-electron chi connectivity index (χ0n) is 10.2. The molecular formula is C14H17N3. The highest BCUT2D eigenvalue weighted by atomic mass is 15.0. The summed E-state index contributed by atoms with van der Waals surface area (Å²) in [5.74, 6) is 0.786. The summed E-state index contributed by atoms with van der Waals surface area (Å²) in [7, 11) is 0. The molecule has 2 rings (SSSR count). The van der Waals surface area contributed by atoms with Gasteiger partial charge < -0.3 is 11.1 Å². The topological polar surface area (TPSA) is 50.9 Å². The van der Waals surface area contributed by atoms with Crippen LogP contribution in [0.3, 0.4) is 0 Å². The fraction of sp³-hybridized carbons (Fsp3) is 0.214. The molecule has 0 saturated heterocycles. The van der Waals surface area contributed by atoms with Crippen LogP contribution in [0.4, 0.5) is 17.2 Å². The van der Waals surface area contributed by atoms with Gasteiger partial charge in [0.1, 0.15) is 5.82 Å². The van der Waals surface area contributed by atoms with Crippen molar-refractivity contribution in [3.63, 3.8) is 0 Å². The Morgan fingerprint density at radius 3 is 2.76 bits per heavy atom. The van der Waals surface area contributed by atoms with Gasteiger partial charge in [-0.3, -0.25) is 0 Å². The molecule has 0 aliphatic carbocycles. The molecule has 3 nitrogen and oxygen atoms in total. The summed E-state index contributed by atoms with van der Waals surface area (Å²) in [4.78, 5) is 4.32. The fourth-order valence-electron chi connectivity index (χ4n) is 1.70. The van der Waals surface area contributed by atoms with E-state index in [-0.39, 0.29) is 0 Å². The highest BCUT2D eigenvalue weighted by Gasteiger charge is 2.02. The normalized spacial score (nSPS) is 10.2. The van der Waals surface area contributed by atoms with Crippen LogP contribution >= 0.6 is 0 Å². The van der Waals surface area contributed by atoms with Gasteiger partial charge in [-0.2, -0.15) is 0 Å². The van der Waals surface area contributed by atoms with Gasteiger partial charge in [0.15, 0.2) is 0 Å². The Morgan fingerprint density at radius 1 is 1.29 bits per heavy atom. The standard InChI is InChI=1S/C14H17N3/c1-3-11-6-4-5-7-13(11)17-14-8-12(15)10(2)9-16-14/h4-9H,3H2,1-2H3,(H3,15,16,17). The van der Waals surface area contributed by atoms with Crippen LogP contribution in [-0.4, -0.2) is 4.98 Å². The first kappa shape index (κ1) is 11.5. The summed E-state index contributed by atoms with van der Waals surface area (Å²) >= 11 is 0. The number of nitrogen functional groups attached to an aromatic ring is 1. The van der Waals surface area contributed by atoms with Crippen LogP contribution in [0.2, 0.25) is 0 Å². The van der Waals surface area contributed by atoms with Gasteiger partial charge in [0.25, 0.3) is 0 Å². The first-order chi connectivity index (χ1) is 8.20. The predicted molar refractivity (Wildman–Crippen MR) is 72.5 cm³/mol. The van der Waals surface area contributed by atoms with Gasteiger partial charge in [0.2, 0.25) is 0 Å². The molecule has 3 heteroatoms. The van der Waals surface area contributed by atoms with E-state index in [0.29, 0.717) is 0 Å². The number of nitrogens with one attached hydrogen (secondary N) is 1. The number of hydrogen-bond acceptors (Lipinski definition) is 3. The molecule has 17 heavy (non-hydrogen) atoms. The molecule has 0 amide bonds. The minimum atomic E-state index is 0.761. The van der Waals surface area contributed by atoms with E-state index < -0.39 is 0 Å². The zero-order valence-corrected chi connectivity index (χ0v) is 10.2. The van der Waals surface area contributed by atoms with E-state index >= 15 is 0 Å². The Kier molecular flexibility index (Phi) is 3.28. The van der Waals surface area contributed by atoms with Crippen molar-refractivity contribution in [2.75, 3.05) is 11.1 Å². The van der Waals surface area contributed by atoms with Crippen molar-refractivity contribution in [1.29, 1.82) is 0 Å². The highest BCUT2D eigenvalue weighted by Crippen LogP contribution is 2.22. The van der Waals surface area contributed by atoms with Crippen LogP contribution < -0.4 is 11.1 Å². The maximum absolute atomic E-state index is 5.86. The van der Waals surface area contributed by atoms with Crippen LogP contribution in [0.25, 0.3) is 0 Å². The molecule has 0 atom stereocenters. The monoisotopic (exact) mass is 227 g/mol. The van der Waals surface area contributed by atoms with Crippen molar-refractivity contribution < 1.29 is 0 Å². The lowest BCUT2D eigenvalue weighted by atomic mass is 10.1. The molecule has 0 saturated carbocycles. The minimum Gasteiger partial charge on any atom is -0.398 e. The Hall–Kier alpha value is -2.03. The molecule has 0 aliphatic heterocycles. The third-order valence-electron chi connectivity index (χ3n) is 2.81. The average molecular weight is 227 g/mol. The molecular weight excluding hydrogens is 210 g/mol. The van der Waals surface area contributed by atoms with Gasteiger partial charge in [-0.15, -0.1) is 0 Å². The molecule has 0 unspecified atom stereocenters. The van der Waals surface area contributed by atoms with Gasteiger partial charge in [-0.05, 0) is 30.5 Å². The number of pyridine rings is 1. The number of aryl methyl sites for hydroxylation is 2. The summed E-state index contributed by atoms with van der Waals surface area (Å²) in [6.45, 7) is 4.09. The molecule has 0 spiro atoms. The summed E-state index contributed by atoms with van der Waals surface area (Å²) in [5, 5.41) is 3.30. The number of nitrogens with two attached hydrogens (primary N) is 1. The van der Waals surface area contributed by atoms with E-state index in [1.807, 2.05) is 25.1 Å². The number of anilines is 3. The lowest BCUT2D eigenvalue weighted by Gasteiger charge is -2.11. The van der Waals surface area contributed by atoms with Crippen molar-refractivity contribution in [2.24, 2.45) is 0 Å². The second-order valence-corrected chi connectivity index (χ2v) is 4.06. The molecule has 0 radical (unpaired) electrons. The Morgan fingerprint density at radius 2 is 2.06 bits per heavy atom. The molecule has 2 aromatic rings. The number of rotatable bonds is 3. The SMILES string of the molecule is CCc1ccccc1Nc1cc(N)c(C)cn1. The second kappa shape index (κ2) is 4.87. The van der Waals surface area contributed by atoms with Gasteiger partial charge in [0, 0.05) is 23.6 Å². The second-order valence-electron chi connectivity index (χ2n) is 4.06. The summed E-state index contributed by atoms with van der Waals surface area (Å²) in [6.07, 6.45) is 2.77. The summed E-state index contributed by atoms with van der Waals surface area (Å²) in [5.41, 5.74) is 9.99. The number of benzene rings is 1. The molecule has 1 aromatic heterocycles. The van der Waals surface area contributed by atoms with Gasteiger partial charge in [0.05, 0.1) is 0 Å². The van der Waals surface area contributed by atoms with Crippen LogP contribution in [0.15, 0.2) is 36.5 Å². The van der Waals surface area contributed by atoms with Gasteiger partial charge in [-0.1, -0.05) is 25.1 Å². The number of hydrogen-bond donors (Lipinski definition) is 2. The van der Waals surface area contributed by atoms with Crippen molar-refractivity contribution in [3.8, 4) is 0 Å². The first-order valence-electron chi connectivity index (χ1n) is 5.77. The van der Waals surface area contributed by atoms with Crippen LogP contribution in [0.1, 0.15) is 18.1 Å². The van der Waals surface area contributed by atoms with E-state index in [1.165, 1.54) is 5.56 Å². The lowest BCUT2D eigenvalue weighted by molar-refractivity contribution is 1.14. The Balaban J connectivity index is 2.28. The minimum absolute atomic E-state index is 0.761. The van der Waals surface area contributed by atoms with Gasteiger partial charge in [-0.25, -0.2) is 4.98 Å². The van der Waals surface area contributed by atoms with E-state index in [2.05, 4.69) is 29.4 Å². The fourth-order valence-corrected chi connectivity index (χ4v) is 1.70. The van der Waals surface area contributed by atoms with Crippen molar-refractivity contribution in [2.45, 2.75) is 20.3 Å². The molecule has 1 aromatic carbocycles. The third-order valence-corrected chi connectivity index (χ3v) is 2.81. The number of para-hydroxylation sites is 1. The Bertz CT molecular complexity index is 521. The first-order valence-corrected chi connectivity index (χ1v) is 5.77. The van der Waals surface area contributed by atoms with E-state index in [1.54, 1.807) is 6.20 Å². The van der Waals surface area contributed by atoms with Crippen LogP contribution in [0.5, 0.6) is 0 Å². The van der Waals surface area contributed by atoms with E-state index in [0.717, 1.165) is 29.2 Å². The lowest BCUT2D eigenvalue weighted by Crippen LogP contribution is -1.99. The predicted octanol–water partition coefficient (Wildman–Crippen LogP) is 3.28. The average Bonchev–Trinajstić information content (AvgIpc) is 2.34. The van der Waals surface area contributed by atoms with Gasteiger partial charge >= 0.3 is 0 Å². The number of nitrogens with zero attached hydrogens (tertiary/aromatic N) is 1. The summed E-state index contributed by atoms with van der Waals surface area (Å²) < 4.78 is 0. The molecule has 3 N–H and O–H groups in total. The van der Waals surface area contributed by atoms with Crippen molar-refractivity contribution in [3.05, 3.63) is 47.7 Å².